The molecule has 0 aliphatic carbocycles. The van der Waals surface area contributed by atoms with Gasteiger partial charge in [0.15, 0.2) is 0 Å². The van der Waals surface area contributed by atoms with Gasteiger partial charge in [0.05, 0.1) is 0 Å². The number of hydrogen-bond donors (Lipinski definition) is 0. The highest BCUT2D eigenvalue weighted by molar-refractivity contribution is 6.25. The maximum atomic E-state index is 2.40. The van der Waals surface area contributed by atoms with E-state index in [0.717, 1.165) is 0 Å². The summed E-state index contributed by atoms with van der Waals surface area (Å²) in [6, 6.07) is 71.3. The molecule has 0 N–H and O–H groups in total. The van der Waals surface area contributed by atoms with Crippen LogP contribution in [0.2, 0.25) is 0 Å². The summed E-state index contributed by atoms with van der Waals surface area (Å²) in [6.45, 7) is 0. The van der Waals surface area contributed by atoms with Crippen LogP contribution < -0.4 is 0 Å². The van der Waals surface area contributed by atoms with E-state index in [9.17, 15) is 0 Å². The van der Waals surface area contributed by atoms with Gasteiger partial charge in [-0.05, 0) is 117 Å². The molecule has 232 valence electrons. The predicted molar refractivity (Wildman–Crippen MR) is 216 cm³/mol. The molecule has 0 bridgehead atoms. The molecule has 0 saturated carbocycles. The molecule has 0 aliphatic heterocycles. The lowest BCUT2D eigenvalue weighted by Crippen LogP contribution is -1.92. The first kappa shape index (κ1) is 28.5. The Balaban J connectivity index is 1.20. The van der Waals surface area contributed by atoms with Gasteiger partial charge in [-0.25, -0.2) is 0 Å². The standard InChI is InChI=1S/C50H32/c1-3-21-39-33(14-1)16-13-29-40(39)36-19-11-17-34(30-36)35-18-12-20-38(31-35)49-44-25-7-9-27-46(44)50(47-28-10-8-26-45(47)49)48-32-37-15-2-4-22-41(37)42-23-5-6-24-43(42)48/h1-32H. The zero-order valence-electron chi connectivity index (χ0n) is 27.5. The Morgan fingerprint density at radius 3 is 1.32 bits per heavy atom. The topological polar surface area (TPSA) is 0 Å². The van der Waals surface area contributed by atoms with Gasteiger partial charge >= 0.3 is 0 Å². The lowest BCUT2D eigenvalue weighted by atomic mass is 9.83. The van der Waals surface area contributed by atoms with E-state index in [0.29, 0.717) is 0 Å². The molecule has 0 aliphatic rings. The van der Waals surface area contributed by atoms with Crippen molar-refractivity contribution in [3.8, 4) is 44.5 Å². The third-order valence-electron chi connectivity index (χ3n) is 10.4. The lowest BCUT2D eigenvalue weighted by molar-refractivity contribution is 1.60. The maximum Gasteiger partial charge on any atom is -0.00199 e. The van der Waals surface area contributed by atoms with Gasteiger partial charge in [-0.2, -0.15) is 0 Å². The molecule has 0 amide bonds. The second-order valence-corrected chi connectivity index (χ2v) is 13.2. The fraction of sp³-hybridized carbons (Fsp3) is 0. The first-order valence-corrected chi connectivity index (χ1v) is 17.4. The third-order valence-corrected chi connectivity index (χ3v) is 10.4. The monoisotopic (exact) mass is 632 g/mol. The fourth-order valence-electron chi connectivity index (χ4n) is 8.19. The van der Waals surface area contributed by atoms with Gasteiger partial charge in [0.1, 0.15) is 0 Å². The second-order valence-electron chi connectivity index (χ2n) is 13.2. The molecule has 0 spiro atoms. The zero-order valence-corrected chi connectivity index (χ0v) is 27.5. The zero-order chi connectivity index (χ0) is 33.0. The number of rotatable bonds is 4. The molecule has 10 rings (SSSR count). The maximum absolute atomic E-state index is 2.40. The Morgan fingerprint density at radius 2 is 0.640 bits per heavy atom. The Hall–Kier alpha value is -6.50. The molecule has 0 heterocycles. The highest BCUT2D eigenvalue weighted by atomic mass is 14.2. The number of benzene rings is 10. The molecule has 0 fully saturated rings. The van der Waals surface area contributed by atoms with Crippen molar-refractivity contribution >= 4 is 53.9 Å². The van der Waals surface area contributed by atoms with Gasteiger partial charge in [-0.3, -0.25) is 0 Å². The normalized spacial score (nSPS) is 11.6. The third kappa shape index (κ3) is 4.54. The van der Waals surface area contributed by atoms with E-state index >= 15 is 0 Å². The minimum absolute atomic E-state index is 1.21. The summed E-state index contributed by atoms with van der Waals surface area (Å²) in [4.78, 5) is 0. The Labute approximate surface area is 291 Å². The lowest BCUT2D eigenvalue weighted by Gasteiger charge is -2.20. The summed E-state index contributed by atoms with van der Waals surface area (Å²) in [7, 11) is 0. The first-order valence-electron chi connectivity index (χ1n) is 17.4. The van der Waals surface area contributed by atoms with Gasteiger partial charge in [-0.1, -0.05) is 176 Å². The van der Waals surface area contributed by atoms with E-state index in [-0.39, 0.29) is 0 Å². The van der Waals surface area contributed by atoms with Crippen LogP contribution in [0.15, 0.2) is 194 Å². The van der Waals surface area contributed by atoms with Crippen molar-refractivity contribution < 1.29 is 0 Å². The van der Waals surface area contributed by atoms with Crippen molar-refractivity contribution in [1.82, 2.24) is 0 Å². The van der Waals surface area contributed by atoms with E-state index in [1.54, 1.807) is 0 Å². The summed E-state index contributed by atoms with van der Waals surface area (Å²) < 4.78 is 0. The van der Waals surface area contributed by atoms with E-state index in [1.807, 2.05) is 0 Å². The fourth-order valence-corrected chi connectivity index (χ4v) is 8.19. The van der Waals surface area contributed by atoms with Crippen LogP contribution in [0.3, 0.4) is 0 Å². The SMILES string of the molecule is c1cc(-c2cccc(-c3c4ccccc4c(-c4cc5ccccc5c5ccccc45)c4ccccc34)c2)cc(-c2cccc3ccccc23)c1. The predicted octanol–water partition coefficient (Wildman–Crippen LogP) is 14.1. The van der Waals surface area contributed by atoms with Crippen molar-refractivity contribution in [2.45, 2.75) is 0 Å². The van der Waals surface area contributed by atoms with Crippen molar-refractivity contribution in [3.63, 3.8) is 0 Å². The van der Waals surface area contributed by atoms with Crippen LogP contribution in [0.5, 0.6) is 0 Å². The van der Waals surface area contributed by atoms with Gasteiger partial charge in [0.2, 0.25) is 0 Å². The number of fused-ring (bicyclic) bond motifs is 6. The van der Waals surface area contributed by atoms with Crippen LogP contribution in [-0.2, 0) is 0 Å². The van der Waals surface area contributed by atoms with Crippen LogP contribution in [0.25, 0.3) is 98.4 Å². The first-order chi connectivity index (χ1) is 24.8. The van der Waals surface area contributed by atoms with Crippen LogP contribution in [0.4, 0.5) is 0 Å². The molecule has 0 radical (unpaired) electrons. The highest BCUT2D eigenvalue weighted by Gasteiger charge is 2.19. The van der Waals surface area contributed by atoms with Gasteiger partial charge in [-0.15, -0.1) is 0 Å². The molecular formula is C50H32. The molecule has 0 heteroatoms. The van der Waals surface area contributed by atoms with Crippen molar-refractivity contribution in [1.29, 1.82) is 0 Å². The molecule has 0 nitrogen and oxygen atoms in total. The molecular weight excluding hydrogens is 601 g/mol. The van der Waals surface area contributed by atoms with E-state index < -0.39 is 0 Å². The average molecular weight is 633 g/mol. The second kappa shape index (κ2) is 11.6. The van der Waals surface area contributed by atoms with Crippen LogP contribution in [0.1, 0.15) is 0 Å². The highest BCUT2D eigenvalue weighted by Crippen LogP contribution is 2.47. The molecule has 0 saturated heterocycles. The summed E-state index contributed by atoms with van der Waals surface area (Å²) in [5, 5.41) is 12.7. The van der Waals surface area contributed by atoms with Crippen LogP contribution >= 0.6 is 0 Å². The van der Waals surface area contributed by atoms with E-state index in [4.69, 9.17) is 0 Å². The molecule has 50 heavy (non-hydrogen) atoms. The molecule has 0 aromatic heterocycles. The molecule has 10 aromatic rings. The summed E-state index contributed by atoms with van der Waals surface area (Å²) in [5.41, 5.74) is 9.98. The van der Waals surface area contributed by atoms with E-state index in [2.05, 4.69) is 194 Å². The van der Waals surface area contributed by atoms with Crippen LogP contribution in [-0.4, -0.2) is 0 Å². The largest absolute Gasteiger partial charge is 0.0616 e. The molecule has 0 atom stereocenters. The molecule has 0 unspecified atom stereocenters. The number of hydrogen-bond acceptors (Lipinski definition) is 0. The Bertz CT molecular complexity index is 2860. The minimum atomic E-state index is 1.21. The Kier molecular flexibility index (Phi) is 6.60. The van der Waals surface area contributed by atoms with E-state index in [1.165, 1.54) is 98.4 Å². The van der Waals surface area contributed by atoms with Gasteiger partial charge in [0, 0.05) is 0 Å². The van der Waals surface area contributed by atoms with Crippen molar-refractivity contribution in [3.05, 3.63) is 194 Å². The van der Waals surface area contributed by atoms with Crippen molar-refractivity contribution in [2.24, 2.45) is 0 Å². The molecule has 10 aromatic carbocycles. The summed E-state index contributed by atoms with van der Waals surface area (Å²) in [5.74, 6) is 0. The van der Waals surface area contributed by atoms with Gasteiger partial charge in [0.25, 0.3) is 0 Å². The summed E-state index contributed by atoms with van der Waals surface area (Å²) >= 11 is 0. The van der Waals surface area contributed by atoms with Crippen molar-refractivity contribution in [2.75, 3.05) is 0 Å². The smallest absolute Gasteiger partial charge is 0.00199 e. The average Bonchev–Trinajstić information content (AvgIpc) is 3.19. The summed E-state index contributed by atoms with van der Waals surface area (Å²) in [6.07, 6.45) is 0. The minimum Gasteiger partial charge on any atom is -0.0616 e. The van der Waals surface area contributed by atoms with Crippen LogP contribution in [0, 0.1) is 0 Å². The van der Waals surface area contributed by atoms with Gasteiger partial charge < -0.3 is 0 Å². The Morgan fingerprint density at radius 1 is 0.200 bits per heavy atom. The quantitative estimate of drug-likeness (QED) is 0.134.